The summed E-state index contributed by atoms with van der Waals surface area (Å²) in [7, 11) is 0. The molecule has 1 amide bonds. The van der Waals surface area contributed by atoms with Gasteiger partial charge < -0.3 is 9.52 Å². The maximum atomic E-state index is 13.1. The van der Waals surface area contributed by atoms with Gasteiger partial charge in [0.15, 0.2) is 0 Å². The van der Waals surface area contributed by atoms with Crippen LogP contribution < -0.4 is 4.90 Å². The van der Waals surface area contributed by atoms with Crippen LogP contribution in [0, 0.1) is 20.8 Å². The Hall–Kier alpha value is -3.60. The number of nitrogens with zero attached hydrogens (tertiary/aromatic N) is 1. The molecule has 0 saturated carbocycles. The number of rotatable bonds is 3. The number of carbonyl (C=O) groups is 2. The average molecular weight is 387 g/mol. The zero-order valence-corrected chi connectivity index (χ0v) is 16.5. The summed E-state index contributed by atoms with van der Waals surface area (Å²) in [4.78, 5) is 27.5. The zero-order chi connectivity index (χ0) is 20.7. The first kappa shape index (κ1) is 18.7. The maximum Gasteiger partial charge on any atom is 0.300 e. The second-order valence-electron chi connectivity index (χ2n) is 7.27. The molecule has 146 valence electrons. The Morgan fingerprint density at radius 1 is 0.966 bits per heavy atom. The quantitative estimate of drug-likeness (QED) is 0.397. The minimum absolute atomic E-state index is 0.0229. The molecule has 2 heterocycles. The standard InChI is InChI=1S/C24H21NO4/c1-14-9-11-17(12-10-14)22(26)20-21(19-8-5-13-29-19)25(24(28)23(20)27)18-7-4-6-15(2)16(18)3/h4-13,21,26H,1-3H3/b22-20-. The minimum Gasteiger partial charge on any atom is -0.507 e. The lowest BCUT2D eigenvalue weighted by atomic mass is 9.98. The monoisotopic (exact) mass is 387 g/mol. The van der Waals surface area contributed by atoms with Gasteiger partial charge in [-0.1, -0.05) is 42.0 Å². The predicted molar refractivity (Wildman–Crippen MR) is 111 cm³/mol. The first-order valence-corrected chi connectivity index (χ1v) is 9.38. The van der Waals surface area contributed by atoms with Crippen molar-refractivity contribution in [1.29, 1.82) is 0 Å². The number of amides is 1. The van der Waals surface area contributed by atoms with Crippen LogP contribution in [0.2, 0.25) is 0 Å². The van der Waals surface area contributed by atoms with Crippen LogP contribution in [-0.2, 0) is 9.59 Å². The molecule has 1 aliphatic heterocycles. The van der Waals surface area contributed by atoms with Crippen molar-refractivity contribution in [2.45, 2.75) is 26.8 Å². The van der Waals surface area contributed by atoms with Gasteiger partial charge in [0.05, 0.1) is 11.8 Å². The summed E-state index contributed by atoms with van der Waals surface area (Å²) in [6.45, 7) is 5.79. The van der Waals surface area contributed by atoms with E-state index in [-0.39, 0.29) is 11.3 Å². The lowest BCUT2D eigenvalue weighted by molar-refractivity contribution is -0.132. The van der Waals surface area contributed by atoms with E-state index in [1.165, 1.54) is 11.2 Å². The van der Waals surface area contributed by atoms with Gasteiger partial charge in [0.2, 0.25) is 0 Å². The Balaban J connectivity index is 1.95. The fourth-order valence-corrected chi connectivity index (χ4v) is 3.66. The molecule has 1 N–H and O–H groups in total. The van der Waals surface area contributed by atoms with Crippen LogP contribution in [-0.4, -0.2) is 16.8 Å². The lowest BCUT2D eigenvalue weighted by Crippen LogP contribution is -2.30. The van der Waals surface area contributed by atoms with Gasteiger partial charge in [-0.3, -0.25) is 14.5 Å². The summed E-state index contributed by atoms with van der Waals surface area (Å²) in [5.41, 5.74) is 4.04. The van der Waals surface area contributed by atoms with Crippen molar-refractivity contribution < 1.29 is 19.1 Å². The van der Waals surface area contributed by atoms with Crippen molar-refractivity contribution in [3.63, 3.8) is 0 Å². The minimum atomic E-state index is -0.841. The van der Waals surface area contributed by atoms with Gasteiger partial charge in [-0.2, -0.15) is 0 Å². The van der Waals surface area contributed by atoms with Crippen LogP contribution >= 0.6 is 0 Å². The first-order chi connectivity index (χ1) is 13.9. The number of benzene rings is 2. The number of Topliss-reactive ketones (excluding diaryl/α,β-unsaturated/α-hetero) is 1. The van der Waals surface area contributed by atoms with E-state index in [2.05, 4.69) is 0 Å². The number of aliphatic hydroxyl groups excluding tert-OH is 1. The molecule has 1 aliphatic rings. The van der Waals surface area contributed by atoms with Crippen LogP contribution in [0.4, 0.5) is 5.69 Å². The summed E-state index contributed by atoms with van der Waals surface area (Å²) in [6, 6.07) is 15.3. The summed E-state index contributed by atoms with van der Waals surface area (Å²) < 4.78 is 5.58. The fourth-order valence-electron chi connectivity index (χ4n) is 3.66. The van der Waals surface area contributed by atoms with E-state index in [0.29, 0.717) is 17.0 Å². The van der Waals surface area contributed by atoms with Crippen molar-refractivity contribution in [3.8, 4) is 0 Å². The average Bonchev–Trinajstić information content (AvgIpc) is 3.32. The van der Waals surface area contributed by atoms with E-state index < -0.39 is 17.7 Å². The first-order valence-electron chi connectivity index (χ1n) is 9.38. The number of aryl methyl sites for hydroxylation is 2. The van der Waals surface area contributed by atoms with E-state index >= 15 is 0 Å². The van der Waals surface area contributed by atoms with Crippen LogP contribution in [0.3, 0.4) is 0 Å². The van der Waals surface area contributed by atoms with Crippen LogP contribution in [0.5, 0.6) is 0 Å². The number of furan rings is 1. The van der Waals surface area contributed by atoms with Crippen molar-refractivity contribution in [3.05, 3.63) is 94.4 Å². The van der Waals surface area contributed by atoms with Gasteiger partial charge in [0.1, 0.15) is 17.6 Å². The summed E-state index contributed by atoms with van der Waals surface area (Å²) in [5, 5.41) is 11.0. The zero-order valence-electron chi connectivity index (χ0n) is 16.5. The Labute approximate surface area is 168 Å². The van der Waals surface area contributed by atoms with E-state index in [1.54, 1.807) is 30.3 Å². The molecule has 5 heteroatoms. The molecule has 0 spiro atoms. The third-order valence-corrected chi connectivity index (χ3v) is 5.42. The normalized spacial score (nSPS) is 18.4. The third-order valence-electron chi connectivity index (χ3n) is 5.42. The highest BCUT2D eigenvalue weighted by molar-refractivity contribution is 6.51. The molecule has 1 fully saturated rings. The van der Waals surface area contributed by atoms with Gasteiger partial charge in [-0.05, 0) is 50.1 Å². The van der Waals surface area contributed by atoms with Crippen molar-refractivity contribution >= 4 is 23.1 Å². The second-order valence-corrected chi connectivity index (χ2v) is 7.27. The fraction of sp³-hybridized carbons (Fsp3) is 0.167. The highest BCUT2D eigenvalue weighted by Crippen LogP contribution is 2.43. The number of anilines is 1. The van der Waals surface area contributed by atoms with Crippen molar-refractivity contribution in [2.24, 2.45) is 0 Å². The molecule has 1 unspecified atom stereocenters. The number of ketones is 1. The lowest BCUT2D eigenvalue weighted by Gasteiger charge is -2.25. The van der Waals surface area contributed by atoms with Gasteiger partial charge in [0.25, 0.3) is 11.7 Å². The smallest absolute Gasteiger partial charge is 0.300 e. The molecular formula is C24H21NO4. The number of aliphatic hydroxyl groups is 1. The number of hydrogen-bond donors (Lipinski definition) is 1. The maximum absolute atomic E-state index is 13.1. The molecule has 0 aliphatic carbocycles. The van der Waals surface area contributed by atoms with Crippen LogP contribution in [0.15, 0.2) is 70.9 Å². The molecule has 0 bridgehead atoms. The summed E-state index contributed by atoms with van der Waals surface area (Å²) in [6.07, 6.45) is 1.49. The molecule has 0 radical (unpaired) electrons. The molecule has 3 aromatic rings. The molecular weight excluding hydrogens is 366 g/mol. The highest BCUT2D eigenvalue weighted by atomic mass is 16.3. The van der Waals surface area contributed by atoms with Crippen LogP contribution in [0.1, 0.15) is 34.1 Å². The van der Waals surface area contributed by atoms with Crippen LogP contribution in [0.25, 0.3) is 5.76 Å². The summed E-state index contributed by atoms with van der Waals surface area (Å²) in [5.74, 6) is -1.21. The Morgan fingerprint density at radius 2 is 1.69 bits per heavy atom. The van der Waals surface area contributed by atoms with Gasteiger partial charge >= 0.3 is 0 Å². The van der Waals surface area contributed by atoms with Gasteiger partial charge in [-0.25, -0.2) is 0 Å². The van der Waals surface area contributed by atoms with Crippen molar-refractivity contribution in [1.82, 2.24) is 0 Å². The molecule has 1 atom stereocenters. The number of carbonyl (C=O) groups excluding carboxylic acids is 2. The van der Waals surface area contributed by atoms with E-state index in [9.17, 15) is 14.7 Å². The largest absolute Gasteiger partial charge is 0.507 e. The molecule has 2 aromatic carbocycles. The topological polar surface area (TPSA) is 70.8 Å². The van der Waals surface area contributed by atoms with E-state index in [0.717, 1.165) is 16.7 Å². The van der Waals surface area contributed by atoms with E-state index in [4.69, 9.17) is 4.42 Å². The molecule has 1 saturated heterocycles. The SMILES string of the molecule is Cc1ccc(/C(O)=C2/C(=O)C(=O)N(c3cccc(C)c3C)C2c2ccco2)cc1. The second kappa shape index (κ2) is 7.09. The molecule has 1 aromatic heterocycles. The third kappa shape index (κ3) is 3.05. The van der Waals surface area contributed by atoms with Gasteiger partial charge in [0, 0.05) is 11.3 Å². The molecule has 29 heavy (non-hydrogen) atoms. The predicted octanol–water partition coefficient (Wildman–Crippen LogP) is 4.83. The van der Waals surface area contributed by atoms with E-state index in [1.807, 2.05) is 45.0 Å². The number of hydrogen-bond acceptors (Lipinski definition) is 4. The highest BCUT2D eigenvalue weighted by Gasteiger charge is 2.48. The molecule has 5 nitrogen and oxygen atoms in total. The summed E-state index contributed by atoms with van der Waals surface area (Å²) >= 11 is 0. The van der Waals surface area contributed by atoms with Gasteiger partial charge in [-0.15, -0.1) is 0 Å². The Kier molecular flexibility index (Phi) is 4.59. The Morgan fingerprint density at radius 3 is 2.34 bits per heavy atom. The van der Waals surface area contributed by atoms with Crippen molar-refractivity contribution in [2.75, 3.05) is 4.90 Å². The Bertz CT molecular complexity index is 1120. The molecule has 4 rings (SSSR count).